The summed E-state index contributed by atoms with van der Waals surface area (Å²) >= 11 is 3.43. The van der Waals surface area contributed by atoms with Crippen molar-refractivity contribution < 1.29 is 13.2 Å². The first-order chi connectivity index (χ1) is 5.54. The summed E-state index contributed by atoms with van der Waals surface area (Å²) in [6, 6.07) is 2.18. The Labute approximate surface area is 94.8 Å². The van der Waals surface area contributed by atoms with E-state index >= 15 is 0 Å². The van der Waals surface area contributed by atoms with Crippen molar-refractivity contribution in [2.75, 3.05) is 0 Å². The molecule has 1 aromatic carbocycles. The Morgan fingerprint density at radius 1 is 1.08 bits per heavy atom. The van der Waals surface area contributed by atoms with Gasteiger partial charge in [0.2, 0.25) is 0 Å². The second-order valence-corrected chi connectivity index (χ2v) is 4.22. The largest absolute Gasteiger partial charge is 0.264 e. The zero-order chi connectivity index (χ0) is 9.30. The van der Waals surface area contributed by atoms with Crippen LogP contribution in [0.2, 0.25) is 0 Å². The van der Waals surface area contributed by atoms with Crippen molar-refractivity contribution in [2.24, 2.45) is 0 Å². The first-order valence-electron chi connectivity index (χ1n) is 2.95. The lowest BCUT2D eigenvalue weighted by molar-refractivity contribution is 0.150. The van der Waals surface area contributed by atoms with Gasteiger partial charge >= 0.3 is 0 Å². The third kappa shape index (κ3) is 2.04. The third-order valence-electron chi connectivity index (χ3n) is 1.30. The van der Waals surface area contributed by atoms with Crippen LogP contribution in [0.25, 0.3) is 0 Å². The number of hydrogen-bond acceptors (Lipinski definition) is 0. The predicted molar refractivity (Wildman–Crippen MR) is 56.8 cm³/mol. The van der Waals surface area contributed by atoms with Crippen LogP contribution in [-0.4, -0.2) is 0 Å². The molecule has 12 heavy (non-hydrogen) atoms. The van der Waals surface area contributed by atoms with Crippen LogP contribution >= 0.6 is 45.2 Å². The summed E-state index contributed by atoms with van der Waals surface area (Å²) in [5, 5.41) is 0. The molecule has 5 heteroatoms. The van der Waals surface area contributed by atoms with Gasteiger partial charge in [-0.15, -0.1) is 0 Å². The molecule has 0 amide bonds. The third-order valence-corrected chi connectivity index (χ3v) is 4.55. The van der Waals surface area contributed by atoms with Crippen molar-refractivity contribution in [1.82, 2.24) is 0 Å². The van der Waals surface area contributed by atoms with Crippen LogP contribution in [0, 0.1) is 13.0 Å². The zero-order valence-electron chi connectivity index (χ0n) is 5.62. The van der Waals surface area contributed by atoms with E-state index in [4.69, 9.17) is 0 Å². The van der Waals surface area contributed by atoms with E-state index in [1.165, 1.54) is 0 Å². The fourth-order valence-corrected chi connectivity index (χ4v) is 1.87. The Balaban J connectivity index is 3.27. The Hall–Kier alpha value is 0.470. The van der Waals surface area contributed by atoms with Gasteiger partial charge in [-0.2, -0.15) is 0 Å². The van der Waals surface area contributed by atoms with Crippen molar-refractivity contribution in [3.63, 3.8) is 0 Å². The number of benzene rings is 1. The highest BCUT2D eigenvalue weighted by Gasteiger charge is 2.15. The standard InChI is InChI=1S/C7H3F3I2/c8-4-2-1-3(7(9)10)5(11)6(4)12/h1-2,7H. The fourth-order valence-electron chi connectivity index (χ4n) is 0.709. The minimum absolute atomic E-state index is 0.110. The van der Waals surface area contributed by atoms with Crippen LogP contribution in [0.1, 0.15) is 12.0 Å². The van der Waals surface area contributed by atoms with Crippen LogP contribution in [0.15, 0.2) is 12.1 Å². The minimum Gasteiger partial charge on any atom is -0.206 e. The van der Waals surface area contributed by atoms with Gasteiger partial charge < -0.3 is 0 Å². The average Bonchev–Trinajstić information content (AvgIpc) is 2.00. The molecule has 0 aliphatic rings. The van der Waals surface area contributed by atoms with E-state index < -0.39 is 12.2 Å². The molecule has 0 radical (unpaired) electrons. The molecular weight excluding hydrogens is 395 g/mol. The first-order valence-corrected chi connectivity index (χ1v) is 5.11. The molecule has 0 N–H and O–H groups in total. The number of rotatable bonds is 1. The lowest BCUT2D eigenvalue weighted by Crippen LogP contribution is -1.95. The summed E-state index contributed by atoms with van der Waals surface area (Å²) in [6.45, 7) is 0. The summed E-state index contributed by atoms with van der Waals surface area (Å²) < 4.78 is 37.7. The predicted octanol–water partition coefficient (Wildman–Crippen LogP) is 3.97. The Bertz CT molecular complexity index is 299. The highest BCUT2D eigenvalue weighted by molar-refractivity contribution is 14.1. The maximum absolute atomic E-state index is 12.8. The lowest BCUT2D eigenvalue weighted by Gasteiger charge is -2.05. The minimum atomic E-state index is -2.54. The van der Waals surface area contributed by atoms with Gasteiger partial charge in [0.25, 0.3) is 6.43 Å². The molecule has 0 heterocycles. The van der Waals surface area contributed by atoms with E-state index in [-0.39, 0.29) is 9.13 Å². The number of hydrogen-bond donors (Lipinski definition) is 0. The van der Waals surface area contributed by atoms with Crippen molar-refractivity contribution >= 4 is 45.2 Å². The molecule has 1 aromatic rings. The van der Waals surface area contributed by atoms with Crippen LogP contribution < -0.4 is 0 Å². The topological polar surface area (TPSA) is 0 Å². The van der Waals surface area contributed by atoms with Gasteiger partial charge in [-0.3, -0.25) is 0 Å². The van der Waals surface area contributed by atoms with Crippen LogP contribution in [0.3, 0.4) is 0 Å². The molecule has 66 valence electrons. The van der Waals surface area contributed by atoms with E-state index in [0.29, 0.717) is 3.57 Å². The average molecular weight is 398 g/mol. The van der Waals surface area contributed by atoms with E-state index in [1.54, 1.807) is 45.2 Å². The normalized spacial score (nSPS) is 10.8. The van der Waals surface area contributed by atoms with E-state index in [1.807, 2.05) is 0 Å². The summed E-state index contributed by atoms with van der Waals surface area (Å²) in [5.41, 5.74) is -0.110. The molecule has 0 spiro atoms. The molecule has 0 atom stereocenters. The van der Waals surface area contributed by atoms with Crippen LogP contribution in [0.4, 0.5) is 13.2 Å². The highest BCUT2D eigenvalue weighted by Crippen LogP contribution is 2.29. The lowest BCUT2D eigenvalue weighted by atomic mass is 10.2. The molecule has 1 rings (SSSR count). The summed E-state index contributed by atoms with van der Waals surface area (Å²) in [5.74, 6) is -0.454. The Morgan fingerprint density at radius 3 is 2.17 bits per heavy atom. The first kappa shape index (κ1) is 10.6. The molecule has 0 fully saturated rings. The second-order valence-electron chi connectivity index (χ2n) is 2.07. The van der Waals surface area contributed by atoms with E-state index in [0.717, 1.165) is 12.1 Å². The van der Waals surface area contributed by atoms with Gasteiger partial charge in [0.15, 0.2) is 0 Å². The van der Waals surface area contributed by atoms with E-state index in [2.05, 4.69) is 0 Å². The fraction of sp³-hybridized carbons (Fsp3) is 0.143. The molecule has 0 unspecified atom stereocenters. The second kappa shape index (κ2) is 4.12. The molecule has 0 aromatic heterocycles. The number of halogens is 5. The SMILES string of the molecule is Fc1ccc(C(F)F)c(I)c1I. The summed E-state index contributed by atoms with van der Waals surface area (Å²) in [7, 11) is 0. The van der Waals surface area contributed by atoms with Gasteiger partial charge in [0.1, 0.15) is 5.82 Å². The zero-order valence-corrected chi connectivity index (χ0v) is 9.94. The van der Waals surface area contributed by atoms with Gasteiger partial charge in [0, 0.05) is 9.13 Å². The van der Waals surface area contributed by atoms with Crippen molar-refractivity contribution in [3.8, 4) is 0 Å². The molecule has 0 bridgehead atoms. The van der Waals surface area contributed by atoms with Crippen LogP contribution in [-0.2, 0) is 0 Å². The maximum Gasteiger partial charge on any atom is 0.264 e. The molecule has 0 saturated heterocycles. The molecule has 0 aliphatic heterocycles. The highest BCUT2D eigenvalue weighted by atomic mass is 127. The van der Waals surface area contributed by atoms with Crippen LogP contribution in [0.5, 0.6) is 0 Å². The summed E-state index contributed by atoms with van der Waals surface area (Å²) in [6.07, 6.45) is -2.54. The molecule has 0 aliphatic carbocycles. The van der Waals surface area contributed by atoms with Crippen molar-refractivity contribution in [2.45, 2.75) is 6.43 Å². The molecule has 0 nitrogen and oxygen atoms in total. The Kier molecular flexibility index (Phi) is 3.62. The van der Waals surface area contributed by atoms with Gasteiger partial charge in [-0.1, -0.05) is 0 Å². The van der Waals surface area contributed by atoms with Crippen molar-refractivity contribution in [1.29, 1.82) is 0 Å². The number of alkyl halides is 2. The monoisotopic (exact) mass is 398 g/mol. The Morgan fingerprint density at radius 2 is 1.67 bits per heavy atom. The smallest absolute Gasteiger partial charge is 0.206 e. The maximum atomic E-state index is 12.8. The molecule has 0 saturated carbocycles. The summed E-state index contributed by atoms with van der Waals surface area (Å²) in [4.78, 5) is 0. The van der Waals surface area contributed by atoms with Crippen molar-refractivity contribution in [3.05, 3.63) is 30.7 Å². The van der Waals surface area contributed by atoms with Gasteiger partial charge in [-0.05, 0) is 57.3 Å². The van der Waals surface area contributed by atoms with Gasteiger partial charge in [-0.25, -0.2) is 13.2 Å². The van der Waals surface area contributed by atoms with E-state index in [9.17, 15) is 13.2 Å². The molecular formula is C7H3F3I2. The van der Waals surface area contributed by atoms with Gasteiger partial charge in [0.05, 0.1) is 3.57 Å². The quantitative estimate of drug-likeness (QED) is 0.497.